The van der Waals surface area contributed by atoms with Crippen LogP contribution in [0.5, 0.6) is 11.5 Å². The number of nitrogens with two attached hydrogens (primary N) is 4. The van der Waals surface area contributed by atoms with Crippen molar-refractivity contribution >= 4 is 23.6 Å². The molecular formula is C31H46N8O7. The summed E-state index contributed by atoms with van der Waals surface area (Å²) in [5, 5.41) is 41.5. The molecule has 46 heavy (non-hydrogen) atoms. The molecule has 5 atom stereocenters. The molecule has 4 bridgehead atoms. The normalized spacial score (nSPS) is 19.9. The number of fused-ring (bicyclic) bond motifs is 5. The Morgan fingerprint density at radius 3 is 2.11 bits per heavy atom. The molecule has 1 heterocycles. The number of rotatable bonds is 12. The Kier molecular flexibility index (Phi) is 13.7. The molecule has 2 aromatic rings. The van der Waals surface area contributed by atoms with Crippen molar-refractivity contribution < 1.29 is 34.5 Å². The summed E-state index contributed by atoms with van der Waals surface area (Å²) in [5.74, 6) is -3.10. The van der Waals surface area contributed by atoms with E-state index in [2.05, 4.69) is 21.3 Å². The molecule has 252 valence electrons. The van der Waals surface area contributed by atoms with E-state index in [9.17, 15) is 34.5 Å². The van der Waals surface area contributed by atoms with Crippen LogP contribution < -0.4 is 44.2 Å². The van der Waals surface area contributed by atoms with E-state index in [1.54, 1.807) is 24.3 Å². The zero-order chi connectivity index (χ0) is 33.8. The highest BCUT2D eigenvalue weighted by Crippen LogP contribution is 2.31. The van der Waals surface area contributed by atoms with Crippen LogP contribution in [-0.4, -0.2) is 95.4 Å². The van der Waals surface area contributed by atoms with Crippen molar-refractivity contribution in [3.8, 4) is 22.6 Å². The summed E-state index contributed by atoms with van der Waals surface area (Å²) in [6, 6.07) is 4.14. The quantitative estimate of drug-likeness (QED) is 0.116. The van der Waals surface area contributed by atoms with E-state index in [-0.39, 0.29) is 55.5 Å². The molecule has 1 aliphatic rings. The summed E-state index contributed by atoms with van der Waals surface area (Å²) >= 11 is 0. The van der Waals surface area contributed by atoms with Crippen LogP contribution in [0.4, 0.5) is 0 Å². The number of phenolic OH excluding ortho intramolecular Hbond substituents is 2. The number of aromatic hydroxyl groups is 2. The van der Waals surface area contributed by atoms with Gasteiger partial charge in [0.25, 0.3) is 0 Å². The van der Waals surface area contributed by atoms with Gasteiger partial charge in [-0.3, -0.25) is 19.2 Å². The van der Waals surface area contributed by atoms with Crippen LogP contribution in [0.2, 0.25) is 0 Å². The molecule has 2 aromatic carbocycles. The molecule has 0 fully saturated rings. The molecule has 15 N–H and O–H groups in total. The molecule has 0 saturated heterocycles. The largest absolute Gasteiger partial charge is 0.508 e. The van der Waals surface area contributed by atoms with Gasteiger partial charge in [0.15, 0.2) is 0 Å². The molecule has 1 aliphatic heterocycles. The van der Waals surface area contributed by atoms with Crippen molar-refractivity contribution in [2.75, 3.05) is 26.2 Å². The number of aliphatic hydroxyl groups excluding tert-OH is 1. The second-order valence-corrected chi connectivity index (χ2v) is 11.4. The molecule has 0 saturated carbocycles. The third kappa shape index (κ3) is 10.1. The average molecular weight is 643 g/mol. The number of hydrogen-bond acceptors (Lipinski definition) is 11. The minimum Gasteiger partial charge on any atom is -0.508 e. The Morgan fingerprint density at radius 1 is 0.913 bits per heavy atom. The Labute approximate surface area is 267 Å². The summed E-state index contributed by atoms with van der Waals surface area (Å²) in [6.07, 6.45) is 1.47. The first-order valence-electron chi connectivity index (χ1n) is 15.3. The molecule has 15 heteroatoms. The molecule has 3 rings (SSSR count). The third-order valence-corrected chi connectivity index (χ3v) is 7.79. The van der Waals surface area contributed by atoms with Crippen molar-refractivity contribution in [3.63, 3.8) is 0 Å². The Bertz CT molecular complexity index is 1370. The highest BCUT2D eigenvalue weighted by atomic mass is 16.3. The van der Waals surface area contributed by atoms with E-state index in [1.807, 2.05) is 0 Å². The second-order valence-electron chi connectivity index (χ2n) is 11.4. The smallest absolute Gasteiger partial charge is 0.245 e. The van der Waals surface area contributed by atoms with Gasteiger partial charge in [0.2, 0.25) is 23.6 Å². The standard InChI is InChI=1S/C31H46N8O7/c32-9-1-3-21(34)15-36-29(44)25(16-40)39-31(46)24-14-20-12-18(6-8-27(20)42)17-5-7-26(41)19(11-17)13-22(35)28(43)37-23(4-2-10-33)30(45)38-24/h5-8,11-12,21-25,40-42H,1-4,9-10,13-16,32-35H2,(H,36,44)(H,37,43)(H,38,45)(H,39,46)/t21-,22-,23-,24?,25-/m0/s1. The predicted octanol–water partition coefficient (Wildman–Crippen LogP) is -2.44. The second kappa shape index (κ2) is 17.4. The van der Waals surface area contributed by atoms with Gasteiger partial charge in [-0.05, 0) is 85.3 Å². The molecule has 0 radical (unpaired) electrons. The molecule has 1 unspecified atom stereocenters. The van der Waals surface area contributed by atoms with Gasteiger partial charge in [-0.1, -0.05) is 12.1 Å². The summed E-state index contributed by atoms with van der Waals surface area (Å²) in [5.41, 5.74) is 25.3. The number of carbonyl (C=O) groups excluding carboxylic acids is 4. The number of amides is 4. The summed E-state index contributed by atoms with van der Waals surface area (Å²) < 4.78 is 0. The molecular weight excluding hydrogens is 596 g/mol. The zero-order valence-electron chi connectivity index (χ0n) is 25.7. The van der Waals surface area contributed by atoms with Crippen molar-refractivity contribution in [1.82, 2.24) is 21.3 Å². The fraction of sp³-hybridized carbons (Fsp3) is 0.484. The Hall–Kier alpha value is -4.28. The van der Waals surface area contributed by atoms with Gasteiger partial charge in [-0.25, -0.2) is 0 Å². The van der Waals surface area contributed by atoms with E-state index >= 15 is 0 Å². The average Bonchev–Trinajstić information content (AvgIpc) is 3.04. The zero-order valence-corrected chi connectivity index (χ0v) is 25.7. The fourth-order valence-corrected chi connectivity index (χ4v) is 5.06. The molecule has 0 aliphatic carbocycles. The van der Waals surface area contributed by atoms with Crippen molar-refractivity contribution in [2.45, 2.75) is 68.7 Å². The van der Waals surface area contributed by atoms with Gasteiger partial charge >= 0.3 is 0 Å². The summed E-state index contributed by atoms with van der Waals surface area (Å²) in [4.78, 5) is 53.1. The molecule has 0 aromatic heterocycles. The first kappa shape index (κ1) is 36.2. The van der Waals surface area contributed by atoms with Crippen molar-refractivity contribution in [1.29, 1.82) is 0 Å². The lowest BCUT2D eigenvalue weighted by atomic mass is 9.95. The lowest BCUT2D eigenvalue weighted by Gasteiger charge is -2.26. The van der Waals surface area contributed by atoms with Crippen molar-refractivity contribution in [2.24, 2.45) is 22.9 Å². The maximum atomic E-state index is 13.6. The number of nitrogens with one attached hydrogen (secondary N) is 4. The number of carbonyl (C=O) groups is 4. The van der Waals surface area contributed by atoms with Gasteiger partial charge in [0.1, 0.15) is 29.6 Å². The number of phenols is 2. The molecule has 4 amide bonds. The van der Waals surface area contributed by atoms with E-state index in [4.69, 9.17) is 22.9 Å². The van der Waals surface area contributed by atoms with Crippen LogP contribution in [0.15, 0.2) is 36.4 Å². The van der Waals surface area contributed by atoms with Gasteiger partial charge in [-0.15, -0.1) is 0 Å². The van der Waals surface area contributed by atoms with Crippen molar-refractivity contribution in [3.05, 3.63) is 47.5 Å². The Balaban J connectivity index is 1.97. The predicted molar refractivity (Wildman–Crippen MR) is 171 cm³/mol. The highest BCUT2D eigenvalue weighted by molar-refractivity contribution is 5.95. The maximum Gasteiger partial charge on any atom is 0.245 e. The number of aliphatic hydroxyl groups is 1. The number of benzene rings is 2. The first-order chi connectivity index (χ1) is 22.0. The van der Waals surface area contributed by atoms with Crippen LogP contribution in [0.3, 0.4) is 0 Å². The van der Waals surface area contributed by atoms with E-state index in [0.717, 1.165) is 0 Å². The highest BCUT2D eigenvalue weighted by Gasteiger charge is 2.31. The lowest BCUT2D eigenvalue weighted by Crippen LogP contribution is -2.59. The van der Waals surface area contributed by atoms with Crippen LogP contribution in [0.25, 0.3) is 11.1 Å². The van der Waals surface area contributed by atoms with E-state index in [1.165, 1.54) is 12.1 Å². The van der Waals surface area contributed by atoms with Crippen LogP contribution in [0, 0.1) is 0 Å². The fourth-order valence-electron chi connectivity index (χ4n) is 5.06. The maximum absolute atomic E-state index is 13.6. The SMILES string of the molecule is NCCC[C@H](N)CNC(=O)[C@H](CO)NC(=O)C1Cc2cc(ccc2O)-c2ccc(O)c(c2)C[C@H](N)C(=O)N[C@@H](CCCN)C(=O)N1. The lowest BCUT2D eigenvalue weighted by molar-refractivity contribution is -0.134. The molecule has 0 spiro atoms. The summed E-state index contributed by atoms with van der Waals surface area (Å²) in [7, 11) is 0. The Morgan fingerprint density at radius 2 is 1.52 bits per heavy atom. The number of hydrogen-bond donors (Lipinski definition) is 11. The van der Waals surface area contributed by atoms with Gasteiger partial charge in [0, 0.05) is 25.4 Å². The van der Waals surface area contributed by atoms with E-state index < -0.39 is 54.4 Å². The van der Waals surface area contributed by atoms with Crippen LogP contribution in [-0.2, 0) is 32.0 Å². The monoisotopic (exact) mass is 642 g/mol. The van der Waals surface area contributed by atoms with Crippen LogP contribution in [0.1, 0.15) is 36.8 Å². The molecule has 15 nitrogen and oxygen atoms in total. The van der Waals surface area contributed by atoms with Crippen LogP contribution >= 0.6 is 0 Å². The van der Waals surface area contributed by atoms with Gasteiger partial charge < -0.3 is 59.5 Å². The topological polar surface area (TPSA) is 281 Å². The van der Waals surface area contributed by atoms with E-state index in [0.29, 0.717) is 42.5 Å². The minimum atomic E-state index is -1.37. The third-order valence-electron chi connectivity index (χ3n) is 7.79. The first-order valence-corrected chi connectivity index (χ1v) is 15.3. The van der Waals surface area contributed by atoms with Gasteiger partial charge in [-0.2, -0.15) is 0 Å². The minimum absolute atomic E-state index is 0.0325. The summed E-state index contributed by atoms with van der Waals surface area (Å²) in [6.45, 7) is 0.0190. The van der Waals surface area contributed by atoms with Gasteiger partial charge in [0.05, 0.1) is 12.6 Å².